The molecular weight excluding hydrogens is 286 g/mol. The van der Waals surface area contributed by atoms with Crippen molar-refractivity contribution in [3.63, 3.8) is 0 Å². The normalized spacial score (nSPS) is 22.2. The van der Waals surface area contributed by atoms with E-state index in [-0.39, 0.29) is 6.10 Å². The lowest BCUT2D eigenvalue weighted by molar-refractivity contribution is 0.0210. The van der Waals surface area contributed by atoms with Crippen molar-refractivity contribution in [2.75, 3.05) is 13.7 Å². The highest BCUT2D eigenvalue weighted by atomic mass is 35.5. The van der Waals surface area contributed by atoms with Crippen molar-refractivity contribution in [1.82, 2.24) is 5.32 Å². The van der Waals surface area contributed by atoms with Crippen LogP contribution in [0.1, 0.15) is 44.6 Å². The Kier molecular flexibility index (Phi) is 6.81. The van der Waals surface area contributed by atoms with Crippen molar-refractivity contribution in [2.45, 2.75) is 57.8 Å². The SMILES string of the molecule is CCCNCc1ccc(OC2CCCC(OC)C2)c(Cl)c1. The van der Waals surface area contributed by atoms with Gasteiger partial charge in [0.05, 0.1) is 11.1 Å². The maximum Gasteiger partial charge on any atom is 0.138 e. The minimum absolute atomic E-state index is 0.213. The third-order valence-electron chi connectivity index (χ3n) is 3.96. The highest BCUT2D eigenvalue weighted by Gasteiger charge is 2.23. The molecule has 118 valence electrons. The lowest BCUT2D eigenvalue weighted by atomic mass is 9.95. The molecule has 1 fully saturated rings. The van der Waals surface area contributed by atoms with Gasteiger partial charge in [-0.05, 0) is 49.9 Å². The van der Waals surface area contributed by atoms with E-state index < -0.39 is 0 Å². The predicted octanol–water partition coefficient (Wildman–Crippen LogP) is 4.18. The maximum absolute atomic E-state index is 6.35. The standard InChI is InChI=1S/C17H26ClNO2/c1-3-9-19-12-13-7-8-17(16(18)10-13)21-15-6-4-5-14(11-15)20-2/h7-8,10,14-15,19H,3-6,9,11-12H2,1-2H3. The zero-order chi connectivity index (χ0) is 15.1. The van der Waals surface area contributed by atoms with Crippen LogP contribution < -0.4 is 10.1 Å². The van der Waals surface area contributed by atoms with Crippen molar-refractivity contribution in [3.8, 4) is 5.75 Å². The van der Waals surface area contributed by atoms with Gasteiger partial charge >= 0.3 is 0 Å². The number of halogens is 1. The number of rotatable bonds is 7. The second-order valence-corrected chi connectivity index (χ2v) is 6.11. The van der Waals surface area contributed by atoms with Crippen molar-refractivity contribution in [3.05, 3.63) is 28.8 Å². The number of nitrogens with one attached hydrogen (secondary N) is 1. The Morgan fingerprint density at radius 1 is 1.29 bits per heavy atom. The zero-order valence-electron chi connectivity index (χ0n) is 13.0. The van der Waals surface area contributed by atoms with Crippen LogP contribution in [0.15, 0.2) is 18.2 Å². The van der Waals surface area contributed by atoms with E-state index in [9.17, 15) is 0 Å². The fraction of sp³-hybridized carbons (Fsp3) is 0.647. The Morgan fingerprint density at radius 3 is 2.81 bits per heavy atom. The average molecular weight is 312 g/mol. The number of benzene rings is 1. The molecule has 0 aliphatic heterocycles. The second-order valence-electron chi connectivity index (χ2n) is 5.71. The molecule has 0 saturated heterocycles. The summed E-state index contributed by atoms with van der Waals surface area (Å²) in [4.78, 5) is 0. The van der Waals surface area contributed by atoms with Gasteiger partial charge in [-0.15, -0.1) is 0 Å². The van der Waals surface area contributed by atoms with E-state index in [0.29, 0.717) is 11.1 Å². The first kappa shape index (κ1) is 16.6. The number of hydrogen-bond acceptors (Lipinski definition) is 3. The van der Waals surface area contributed by atoms with Gasteiger partial charge < -0.3 is 14.8 Å². The fourth-order valence-corrected chi connectivity index (χ4v) is 3.01. The molecule has 2 atom stereocenters. The molecule has 1 aromatic carbocycles. The summed E-state index contributed by atoms with van der Waals surface area (Å²) in [5, 5.41) is 4.08. The molecule has 0 bridgehead atoms. The van der Waals surface area contributed by atoms with E-state index >= 15 is 0 Å². The second kappa shape index (κ2) is 8.62. The smallest absolute Gasteiger partial charge is 0.138 e. The summed E-state index contributed by atoms with van der Waals surface area (Å²) in [6, 6.07) is 6.07. The molecule has 1 aromatic rings. The molecule has 21 heavy (non-hydrogen) atoms. The van der Waals surface area contributed by atoms with Crippen LogP contribution in [0.3, 0.4) is 0 Å². The summed E-state index contributed by atoms with van der Waals surface area (Å²) in [6.07, 6.45) is 5.98. The van der Waals surface area contributed by atoms with Crippen molar-refractivity contribution in [2.24, 2.45) is 0 Å². The van der Waals surface area contributed by atoms with E-state index in [2.05, 4.69) is 18.3 Å². The molecule has 0 radical (unpaired) electrons. The fourth-order valence-electron chi connectivity index (χ4n) is 2.76. The molecule has 1 N–H and O–H groups in total. The lowest BCUT2D eigenvalue weighted by Gasteiger charge is -2.29. The quantitative estimate of drug-likeness (QED) is 0.766. The van der Waals surface area contributed by atoms with Gasteiger partial charge in [0.1, 0.15) is 11.9 Å². The molecule has 3 nitrogen and oxygen atoms in total. The molecule has 4 heteroatoms. The van der Waals surface area contributed by atoms with Crippen molar-refractivity contribution < 1.29 is 9.47 Å². The van der Waals surface area contributed by atoms with Crippen LogP contribution in [0.5, 0.6) is 5.75 Å². The van der Waals surface area contributed by atoms with Crippen LogP contribution in [0.2, 0.25) is 5.02 Å². The van der Waals surface area contributed by atoms with Crippen LogP contribution in [0.4, 0.5) is 0 Å². The van der Waals surface area contributed by atoms with Crippen LogP contribution in [-0.4, -0.2) is 25.9 Å². The Balaban J connectivity index is 1.91. The summed E-state index contributed by atoms with van der Waals surface area (Å²) in [5.74, 6) is 0.790. The Hall–Kier alpha value is -0.770. The molecule has 0 aromatic heterocycles. The highest BCUT2D eigenvalue weighted by Crippen LogP contribution is 2.30. The molecule has 0 heterocycles. The van der Waals surface area contributed by atoms with Crippen LogP contribution >= 0.6 is 11.6 Å². The molecule has 0 spiro atoms. The van der Waals surface area contributed by atoms with E-state index in [1.165, 1.54) is 5.56 Å². The first-order valence-electron chi connectivity index (χ1n) is 7.91. The van der Waals surface area contributed by atoms with Crippen molar-refractivity contribution in [1.29, 1.82) is 0 Å². The predicted molar refractivity (Wildman–Crippen MR) is 87.1 cm³/mol. The third-order valence-corrected chi connectivity index (χ3v) is 4.25. The molecule has 1 saturated carbocycles. The minimum atomic E-state index is 0.213. The molecule has 2 unspecified atom stereocenters. The summed E-state index contributed by atoms with van der Waals surface area (Å²) in [6.45, 7) is 4.04. The van der Waals surface area contributed by atoms with E-state index in [0.717, 1.165) is 50.9 Å². The Bertz CT molecular complexity index is 439. The van der Waals surface area contributed by atoms with E-state index in [1.54, 1.807) is 7.11 Å². The lowest BCUT2D eigenvalue weighted by Crippen LogP contribution is -2.29. The highest BCUT2D eigenvalue weighted by molar-refractivity contribution is 6.32. The van der Waals surface area contributed by atoms with E-state index in [4.69, 9.17) is 21.1 Å². The van der Waals surface area contributed by atoms with Crippen LogP contribution in [-0.2, 0) is 11.3 Å². The molecule has 0 amide bonds. The van der Waals surface area contributed by atoms with Gasteiger partial charge in [-0.1, -0.05) is 24.6 Å². The molecular formula is C17H26ClNO2. The summed E-state index contributed by atoms with van der Waals surface area (Å²) in [7, 11) is 1.78. The Labute approximate surface area is 133 Å². The number of ether oxygens (including phenoxy) is 2. The summed E-state index contributed by atoms with van der Waals surface area (Å²) in [5.41, 5.74) is 1.19. The monoisotopic (exact) mass is 311 g/mol. The average Bonchev–Trinajstić information content (AvgIpc) is 2.50. The van der Waals surface area contributed by atoms with Gasteiger partial charge in [-0.25, -0.2) is 0 Å². The molecule has 1 aliphatic rings. The van der Waals surface area contributed by atoms with Gasteiger partial charge in [0.15, 0.2) is 0 Å². The van der Waals surface area contributed by atoms with Crippen molar-refractivity contribution >= 4 is 11.6 Å². The number of hydrogen-bond donors (Lipinski definition) is 1. The first-order valence-corrected chi connectivity index (χ1v) is 8.29. The molecule has 2 rings (SSSR count). The van der Waals surface area contributed by atoms with Gasteiger partial charge in [-0.2, -0.15) is 0 Å². The Morgan fingerprint density at radius 2 is 2.10 bits per heavy atom. The van der Waals surface area contributed by atoms with E-state index in [1.807, 2.05) is 12.1 Å². The summed E-state index contributed by atoms with van der Waals surface area (Å²) >= 11 is 6.35. The van der Waals surface area contributed by atoms with Gasteiger partial charge in [0, 0.05) is 20.1 Å². The van der Waals surface area contributed by atoms with Crippen LogP contribution in [0.25, 0.3) is 0 Å². The molecule has 1 aliphatic carbocycles. The first-order chi connectivity index (χ1) is 10.2. The third kappa shape index (κ3) is 5.17. The summed E-state index contributed by atoms with van der Waals surface area (Å²) < 4.78 is 11.5. The van der Waals surface area contributed by atoms with Gasteiger partial charge in [0.2, 0.25) is 0 Å². The maximum atomic E-state index is 6.35. The topological polar surface area (TPSA) is 30.5 Å². The van der Waals surface area contributed by atoms with Crippen LogP contribution in [0, 0.1) is 0 Å². The minimum Gasteiger partial charge on any atom is -0.489 e. The number of methoxy groups -OCH3 is 1. The van der Waals surface area contributed by atoms with Gasteiger partial charge in [0.25, 0.3) is 0 Å². The van der Waals surface area contributed by atoms with Gasteiger partial charge in [-0.3, -0.25) is 0 Å². The largest absolute Gasteiger partial charge is 0.489 e. The zero-order valence-corrected chi connectivity index (χ0v) is 13.8.